The van der Waals surface area contributed by atoms with Gasteiger partial charge in [0, 0.05) is 16.3 Å². The van der Waals surface area contributed by atoms with Gasteiger partial charge in [0.25, 0.3) is 0 Å². The molecule has 0 aliphatic rings. The first-order valence-corrected chi connectivity index (χ1v) is 6.18. The average molecular weight is 225 g/mol. The predicted octanol–water partition coefficient (Wildman–Crippen LogP) is 4.27. The highest BCUT2D eigenvalue weighted by Gasteiger charge is 2.04. The van der Waals surface area contributed by atoms with Gasteiger partial charge in [0.05, 0.1) is 11.2 Å². The molecule has 1 nitrogen and oxygen atoms in total. The number of benzene rings is 1. The Balaban J connectivity index is 2.29. The fourth-order valence-electron chi connectivity index (χ4n) is 1.91. The Kier molecular flexibility index (Phi) is 2.22. The van der Waals surface area contributed by atoms with Crippen molar-refractivity contribution in [3.63, 3.8) is 0 Å². The van der Waals surface area contributed by atoms with Crippen LogP contribution in [0.1, 0.15) is 5.56 Å². The van der Waals surface area contributed by atoms with Crippen LogP contribution >= 0.6 is 11.3 Å². The van der Waals surface area contributed by atoms with Gasteiger partial charge in [-0.05, 0) is 36.1 Å². The van der Waals surface area contributed by atoms with E-state index in [4.69, 9.17) is 0 Å². The summed E-state index contributed by atoms with van der Waals surface area (Å²) in [6.07, 6.45) is 0. The number of hydrogen-bond donors (Lipinski definition) is 0. The molecule has 2 heterocycles. The lowest BCUT2D eigenvalue weighted by Gasteiger charge is -2.04. The number of pyridine rings is 1. The van der Waals surface area contributed by atoms with Gasteiger partial charge in [0.1, 0.15) is 0 Å². The number of rotatable bonds is 1. The zero-order valence-corrected chi connectivity index (χ0v) is 9.79. The number of aryl methyl sites for hydroxylation is 1. The molecule has 0 aliphatic heterocycles. The van der Waals surface area contributed by atoms with Gasteiger partial charge in [-0.15, -0.1) is 0 Å². The molecule has 2 heteroatoms. The van der Waals surface area contributed by atoms with Gasteiger partial charge in [0.2, 0.25) is 0 Å². The van der Waals surface area contributed by atoms with Crippen LogP contribution in [0.4, 0.5) is 0 Å². The first-order valence-electron chi connectivity index (χ1n) is 5.23. The highest BCUT2D eigenvalue weighted by Crippen LogP contribution is 2.25. The first-order chi connectivity index (χ1) is 7.84. The molecule has 2 aromatic heterocycles. The van der Waals surface area contributed by atoms with Crippen molar-refractivity contribution in [1.29, 1.82) is 0 Å². The fraction of sp³-hybridized carbons (Fsp3) is 0.0714. The van der Waals surface area contributed by atoms with Crippen LogP contribution in [0.25, 0.3) is 22.2 Å². The molecule has 3 rings (SSSR count). The Morgan fingerprint density at radius 2 is 2.00 bits per heavy atom. The standard InChI is InChI=1S/C14H11NS/c1-10-8-14(11-6-7-16-9-11)15-13-5-3-2-4-12(10)13/h2-9H,1H3. The molecule has 0 amide bonds. The van der Waals surface area contributed by atoms with Crippen molar-refractivity contribution in [2.24, 2.45) is 0 Å². The summed E-state index contributed by atoms with van der Waals surface area (Å²) >= 11 is 1.71. The number of thiophene rings is 1. The summed E-state index contributed by atoms with van der Waals surface area (Å²) < 4.78 is 0. The van der Waals surface area contributed by atoms with Gasteiger partial charge in [-0.1, -0.05) is 18.2 Å². The number of hydrogen-bond acceptors (Lipinski definition) is 2. The number of para-hydroxylation sites is 1. The first kappa shape index (κ1) is 9.55. The molecule has 0 unspecified atom stereocenters. The molecule has 0 atom stereocenters. The van der Waals surface area contributed by atoms with E-state index in [0.717, 1.165) is 11.2 Å². The van der Waals surface area contributed by atoms with Crippen LogP contribution in [-0.2, 0) is 0 Å². The van der Waals surface area contributed by atoms with Gasteiger partial charge in [-0.2, -0.15) is 11.3 Å². The largest absolute Gasteiger partial charge is 0.248 e. The monoisotopic (exact) mass is 225 g/mol. The van der Waals surface area contributed by atoms with E-state index in [0.29, 0.717) is 0 Å². The van der Waals surface area contributed by atoms with Gasteiger partial charge in [-0.25, -0.2) is 4.98 Å². The highest BCUT2D eigenvalue weighted by molar-refractivity contribution is 7.08. The van der Waals surface area contributed by atoms with E-state index in [1.54, 1.807) is 11.3 Å². The second-order valence-corrected chi connectivity index (χ2v) is 4.63. The smallest absolute Gasteiger partial charge is 0.0720 e. The van der Waals surface area contributed by atoms with Crippen molar-refractivity contribution < 1.29 is 0 Å². The molecule has 0 saturated carbocycles. The molecule has 0 N–H and O–H groups in total. The molecule has 0 saturated heterocycles. The molecule has 16 heavy (non-hydrogen) atoms. The van der Waals surface area contributed by atoms with Crippen molar-refractivity contribution in [1.82, 2.24) is 4.98 Å². The predicted molar refractivity (Wildman–Crippen MR) is 69.8 cm³/mol. The van der Waals surface area contributed by atoms with E-state index in [9.17, 15) is 0 Å². The van der Waals surface area contributed by atoms with Gasteiger partial charge >= 0.3 is 0 Å². The van der Waals surface area contributed by atoms with E-state index < -0.39 is 0 Å². The Morgan fingerprint density at radius 3 is 2.81 bits per heavy atom. The molecule has 0 bridgehead atoms. The number of aromatic nitrogens is 1. The molecule has 0 fully saturated rings. The van der Waals surface area contributed by atoms with Crippen LogP contribution in [0.2, 0.25) is 0 Å². The number of nitrogens with zero attached hydrogens (tertiary/aromatic N) is 1. The van der Waals surface area contributed by atoms with E-state index >= 15 is 0 Å². The van der Waals surface area contributed by atoms with Crippen LogP contribution in [-0.4, -0.2) is 4.98 Å². The minimum absolute atomic E-state index is 1.07. The van der Waals surface area contributed by atoms with Crippen molar-refractivity contribution in [2.75, 3.05) is 0 Å². The van der Waals surface area contributed by atoms with Crippen molar-refractivity contribution in [3.05, 3.63) is 52.7 Å². The Hall–Kier alpha value is -1.67. The minimum atomic E-state index is 1.07. The average Bonchev–Trinajstić information content (AvgIpc) is 2.82. The summed E-state index contributed by atoms with van der Waals surface area (Å²) in [5, 5.41) is 5.46. The lowest BCUT2D eigenvalue weighted by atomic mass is 10.1. The summed E-state index contributed by atoms with van der Waals surface area (Å²) in [5.74, 6) is 0. The Morgan fingerprint density at radius 1 is 1.12 bits per heavy atom. The van der Waals surface area contributed by atoms with Gasteiger partial charge < -0.3 is 0 Å². The molecule has 0 radical (unpaired) electrons. The highest BCUT2D eigenvalue weighted by atomic mass is 32.1. The second-order valence-electron chi connectivity index (χ2n) is 3.85. The molecule has 78 valence electrons. The van der Waals surface area contributed by atoms with E-state index in [-0.39, 0.29) is 0 Å². The fourth-order valence-corrected chi connectivity index (χ4v) is 2.56. The zero-order chi connectivity index (χ0) is 11.0. The van der Waals surface area contributed by atoms with Crippen LogP contribution < -0.4 is 0 Å². The lowest BCUT2D eigenvalue weighted by Crippen LogP contribution is -1.86. The summed E-state index contributed by atoms with van der Waals surface area (Å²) in [6, 6.07) is 12.5. The summed E-state index contributed by atoms with van der Waals surface area (Å²) in [7, 11) is 0. The molecule has 0 aliphatic carbocycles. The topological polar surface area (TPSA) is 12.9 Å². The summed E-state index contributed by atoms with van der Waals surface area (Å²) in [6.45, 7) is 2.14. The Bertz CT molecular complexity index is 626. The SMILES string of the molecule is Cc1cc(-c2ccsc2)nc2ccccc12. The molecular formula is C14H11NS. The lowest BCUT2D eigenvalue weighted by molar-refractivity contribution is 1.37. The summed E-state index contributed by atoms with van der Waals surface area (Å²) in [5.41, 5.74) is 4.63. The molecule has 1 aromatic carbocycles. The normalized spacial score (nSPS) is 10.8. The van der Waals surface area contributed by atoms with Crippen molar-refractivity contribution >= 4 is 22.2 Å². The number of fused-ring (bicyclic) bond motifs is 1. The maximum Gasteiger partial charge on any atom is 0.0720 e. The van der Waals surface area contributed by atoms with Crippen LogP contribution in [0, 0.1) is 6.92 Å². The third-order valence-corrected chi connectivity index (χ3v) is 3.42. The van der Waals surface area contributed by atoms with E-state index in [2.05, 4.69) is 53.0 Å². The van der Waals surface area contributed by atoms with Gasteiger partial charge in [0.15, 0.2) is 0 Å². The van der Waals surface area contributed by atoms with Crippen LogP contribution in [0.3, 0.4) is 0 Å². The zero-order valence-electron chi connectivity index (χ0n) is 8.97. The molecule has 3 aromatic rings. The molecule has 0 spiro atoms. The summed E-state index contributed by atoms with van der Waals surface area (Å²) in [4.78, 5) is 4.69. The van der Waals surface area contributed by atoms with Crippen LogP contribution in [0.5, 0.6) is 0 Å². The Labute approximate surface area is 98.4 Å². The van der Waals surface area contributed by atoms with Crippen LogP contribution in [0.15, 0.2) is 47.2 Å². The van der Waals surface area contributed by atoms with E-state index in [1.807, 2.05) is 6.07 Å². The van der Waals surface area contributed by atoms with Gasteiger partial charge in [-0.3, -0.25) is 0 Å². The molecular weight excluding hydrogens is 214 g/mol. The maximum atomic E-state index is 4.69. The maximum absolute atomic E-state index is 4.69. The second kappa shape index (κ2) is 3.72. The minimum Gasteiger partial charge on any atom is -0.248 e. The van der Waals surface area contributed by atoms with Crippen molar-refractivity contribution in [2.45, 2.75) is 6.92 Å². The third kappa shape index (κ3) is 1.51. The third-order valence-electron chi connectivity index (χ3n) is 2.74. The van der Waals surface area contributed by atoms with Crippen molar-refractivity contribution in [3.8, 4) is 11.3 Å². The quantitative estimate of drug-likeness (QED) is 0.602. The van der Waals surface area contributed by atoms with E-state index in [1.165, 1.54) is 16.5 Å².